The van der Waals surface area contributed by atoms with Crippen LogP contribution in [-0.4, -0.2) is 31.0 Å². The first-order chi connectivity index (χ1) is 8.27. The van der Waals surface area contributed by atoms with Crippen LogP contribution in [0.2, 0.25) is 0 Å². The van der Waals surface area contributed by atoms with E-state index in [1.165, 1.54) is 0 Å². The third kappa shape index (κ3) is 5.31. The van der Waals surface area contributed by atoms with Gasteiger partial charge in [-0.15, -0.1) is 0 Å². The fourth-order valence-corrected chi connectivity index (χ4v) is 1.69. The molecule has 0 bridgehead atoms. The second-order valence-corrected chi connectivity index (χ2v) is 4.13. The summed E-state index contributed by atoms with van der Waals surface area (Å²) in [6, 6.07) is 9.98. The predicted molar refractivity (Wildman–Crippen MR) is 67.8 cm³/mol. The summed E-state index contributed by atoms with van der Waals surface area (Å²) in [7, 11) is 1.61. The summed E-state index contributed by atoms with van der Waals surface area (Å²) >= 11 is 0. The third-order valence-electron chi connectivity index (χ3n) is 2.71. The van der Waals surface area contributed by atoms with E-state index < -0.39 is 6.10 Å². The van der Waals surface area contributed by atoms with E-state index in [4.69, 9.17) is 9.47 Å². The number of hydrogen-bond acceptors (Lipinski definition) is 3. The third-order valence-corrected chi connectivity index (χ3v) is 2.71. The van der Waals surface area contributed by atoms with Gasteiger partial charge in [-0.3, -0.25) is 0 Å². The van der Waals surface area contributed by atoms with Gasteiger partial charge in [-0.05, 0) is 12.0 Å². The number of benzene rings is 1. The number of aliphatic hydroxyl groups is 1. The maximum Gasteiger partial charge on any atom is 0.106 e. The molecule has 2 atom stereocenters. The van der Waals surface area contributed by atoms with Crippen LogP contribution in [0.4, 0.5) is 0 Å². The van der Waals surface area contributed by atoms with Crippen molar-refractivity contribution >= 4 is 0 Å². The van der Waals surface area contributed by atoms with E-state index in [9.17, 15) is 5.11 Å². The summed E-state index contributed by atoms with van der Waals surface area (Å²) < 4.78 is 10.8. The summed E-state index contributed by atoms with van der Waals surface area (Å²) in [6.07, 6.45) is 1.01. The molecule has 1 N–H and O–H groups in total. The zero-order valence-electron chi connectivity index (χ0n) is 10.6. The standard InChI is InChI=1S/C14H22O3/c1-3-7-13(15)14(16-2)11-17-10-12-8-5-4-6-9-12/h4-6,8-9,13-15H,3,7,10-11H2,1-2H3/t13-,14-/m1/s1. The van der Waals surface area contributed by atoms with Crippen LogP contribution in [0.5, 0.6) is 0 Å². The molecule has 0 amide bonds. The summed E-state index contributed by atoms with van der Waals surface area (Å²) in [4.78, 5) is 0. The lowest BCUT2D eigenvalue weighted by Gasteiger charge is -2.21. The molecule has 0 spiro atoms. The van der Waals surface area contributed by atoms with Crippen LogP contribution in [0.25, 0.3) is 0 Å². The van der Waals surface area contributed by atoms with E-state index >= 15 is 0 Å². The van der Waals surface area contributed by atoms with Crippen molar-refractivity contribution in [2.75, 3.05) is 13.7 Å². The van der Waals surface area contributed by atoms with Crippen molar-refractivity contribution in [1.29, 1.82) is 0 Å². The molecule has 96 valence electrons. The molecule has 0 aliphatic carbocycles. The van der Waals surface area contributed by atoms with Crippen LogP contribution in [0.3, 0.4) is 0 Å². The molecule has 0 saturated carbocycles. The molecule has 17 heavy (non-hydrogen) atoms. The highest BCUT2D eigenvalue weighted by Crippen LogP contribution is 2.08. The minimum Gasteiger partial charge on any atom is -0.390 e. The van der Waals surface area contributed by atoms with Crippen LogP contribution in [-0.2, 0) is 16.1 Å². The molecule has 0 aliphatic rings. The van der Waals surface area contributed by atoms with E-state index in [2.05, 4.69) is 0 Å². The molecule has 0 fully saturated rings. The summed E-state index contributed by atoms with van der Waals surface area (Å²) in [5, 5.41) is 9.80. The smallest absolute Gasteiger partial charge is 0.106 e. The van der Waals surface area contributed by atoms with Gasteiger partial charge in [-0.2, -0.15) is 0 Å². The van der Waals surface area contributed by atoms with Crippen LogP contribution in [0, 0.1) is 0 Å². The molecule has 3 heteroatoms. The average Bonchev–Trinajstić information content (AvgIpc) is 2.36. The molecule has 1 rings (SSSR count). The minimum absolute atomic E-state index is 0.237. The van der Waals surface area contributed by atoms with Gasteiger partial charge in [0, 0.05) is 7.11 Å². The van der Waals surface area contributed by atoms with Crippen molar-refractivity contribution < 1.29 is 14.6 Å². The van der Waals surface area contributed by atoms with Crippen LogP contribution >= 0.6 is 0 Å². The lowest BCUT2D eigenvalue weighted by molar-refractivity contribution is -0.0663. The lowest BCUT2D eigenvalue weighted by Crippen LogP contribution is -2.32. The van der Waals surface area contributed by atoms with Crippen molar-refractivity contribution in [2.24, 2.45) is 0 Å². The molecule has 0 radical (unpaired) electrons. The largest absolute Gasteiger partial charge is 0.390 e. The normalized spacial score (nSPS) is 14.5. The second kappa shape index (κ2) is 8.23. The fraction of sp³-hybridized carbons (Fsp3) is 0.571. The lowest BCUT2D eigenvalue weighted by atomic mass is 10.1. The van der Waals surface area contributed by atoms with Gasteiger partial charge in [0.1, 0.15) is 6.10 Å². The van der Waals surface area contributed by atoms with Gasteiger partial charge in [0.2, 0.25) is 0 Å². The monoisotopic (exact) mass is 238 g/mol. The summed E-state index contributed by atoms with van der Waals surface area (Å²) in [6.45, 7) is 3.02. The molecule has 0 saturated heterocycles. The van der Waals surface area contributed by atoms with Gasteiger partial charge >= 0.3 is 0 Å². The van der Waals surface area contributed by atoms with Gasteiger partial charge in [0.25, 0.3) is 0 Å². The number of methoxy groups -OCH3 is 1. The van der Waals surface area contributed by atoms with E-state index in [1.807, 2.05) is 37.3 Å². The van der Waals surface area contributed by atoms with Gasteiger partial charge in [0.15, 0.2) is 0 Å². The molecular formula is C14H22O3. The van der Waals surface area contributed by atoms with Gasteiger partial charge < -0.3 is 14.6 Å². The Morgan fingerprint density at radius 1 is 1.24 bits per heavy atom. The summed E-state index contributed by atoms with van der Waals surface area (Å²) in [5.74, 6) is 0. The highest BCUT2D eigenvalue weighted by molar-refractivity contribution is 5.13. The van der Waals surface area contributed by atoms with Gasteiger partial charge in [-0.1, -0.05) is 43.7 Å². The van der Waals surface area contributed by atoms with E-state index in [1.54, 1.807) is 7.11 Å². The van der Waals surface area contributed by atoms with E-state index in [-0.39, 0.29) is 6.10 Å². The molecule has 1 aromatic carbocycles. The van der Waals surface area contributed by atoms with Crippen LogP contribution in [0.1, 0.15) is 25.3 Å². The Hall–Kier alpha value is -0.900. The zero-order valence-corrected chi connectivity index (χ0v) is 10.6. The Morgan fingerprint density at radius 2 is 1.94 bits per heavy atom. The zero-order chi connectivity index (χ0) is 12.5. The molecule has 1 aromatic rings. The van der Waals surface area contributed by atoms with E-state index in [0.717, 1.165) is 18.4 Å². The van der Waals surface area contributed by atoms with Gasteiger partial charge in [-0.25, -0.2) is 0 Å². The minimum atomic E-state index is -0.444. The Bertz CT molecular complexity index is 287. The SMILES string of the molecule is CCC[C@@H](O)[C@@H](COCc1ccccc1)OC. The molecule has 0 heterocycles. The summed E-state index contributed by atoms with van der Waals surface area (Å²) in [5.41, 5.74) is 1.13. The number of aliphatic hydroxyl groups excluding tert-OH is 1. The van der Waals surface area contributed by atoms with Crippen molar-refractivity contribution in [1.82, 2.24) is 0 Å². The number of hydrogen-bond donors (Lipinski definition) is 1. The van der Waals surface area contributed by atoms with Crippen LogP contribution in [0.15, 0.2) is 30.3 Å². The quantitative estimate of drug-likeness (QED) is 0.755. The molecule has 0 aromatic heterocycles. The Balaban J connectivity index is 2.28. The highest BCUT2D eigenvalue weighted by Gasteiger charge is 2.17. The maximum absolute atomic E-state index is 9.80. The number of rotatable bonds is 8. The van der Waals surface area contributed by atoms with E-state index in [0.29, 0.717) is 13.2 Å². The fourth-order valence-electron chi connectivity index (χ4n) is 1.69. The topological polar surface area (TPSA) is 38.7 Å². The van der Waals surface area contributed by atoms with Crippen molar-refractivity contribution in [3.8, 4) is 0 Å². The van der Waals surface area contributed by atoms with Crippen LogP contribution < -0.4 is 0 Å². The molecule has 0 aliphatic heterocycles. The van der Waals surface area contributed by atoms with Crippen molar-refractivity contribution in [3.63, 3.8) is 0 Å². The van der Waals surface area contributed by atoms with Crippen molar-refractivity contribution in [2.45, 2.75) is 38.6 Å². The molecule has 3 nitrogen and oxygen atoms in total. The first-order valence-corrected chi connectivity index (χ1v) is 6.10. The highest BCUT2D eigenvalue weighted by atomic mass is 16.5. The first-order valence-electron chi connectivity index (χ1n) is 6.10. The molecule has 0 unspecified atom stereocenters. The Morgan fingerprint density at radius 3 is 2.53 bits per heavy atom. The van der Waals surface area contributed by atoms with Crippen molar-refractivity contribution in [3.05, 3.63) is 35.9 Å². The average molecular weight is 238 g/mol. The van der Waals surface area contributed by atoms with Gasteiger partial charge in [0.05, 0.1) is 19.3 Å². The first kappa shape index (κ1) is 14.2. The predicted octanol–water partition coefficient (Wildman–Crippen LogP) is 2.38. The maximum atomic E-state index is 9.80. The Kier molecular flexibility index (Phi) is 6.86. The number of ether oxygens (including phenoxy) is 2. The second-order valence-electron chi connectivity index (χ2n) is 4.13. The Labute approximate surface area is 103 Å². The molecular weight excluding hydrogens is 216 g/mol.